The minimum absolute atomic E-state index is 0. The van der Waals surface area contributed by atoms with Crippen molar-refractivity contribution >= 4 is 5.97 Å². The Morgan fingerprint density at radius 2 is 2.00 bits per heavy atom. The van der Waals surface area contributed by atoms with Gasteiger partial charge in [0.1, 0.15) is 5.97 Å². The molecule has 1 aromatic heterocycles. The van der Waals surface area contributed by atoms with Crippen LogP contribution in [-0.2, 0) is 5.41 Å². The predicted molar refractivity (Wildman–Crippen MR) is 37.3 cm³/mol. The molecule has 1 rings (SSSR count). The molecule has 13 heavy (non-hydrogen) atoms. The fraction of sp³-hybridized carbons (Fsp3) is 0.571. The SMILES string of the molecule is CC(C)(C)c1nc(C(=O)[O-])no1.[Li+]. The summed E-state index contributed by atoms with van der Waals surface area (Å²) >= 11 is 0. The van der Waals surface area contributed by atoms with Crippen LogP contribution in [0.5, 0.6) is 0 Å². The normalized spacial score (nSPS) is 10.7. The molecule has 1 heterocycles. The molecule has 0 radical (unpaired) electrons. The van der Waals surface area contributed by atoms with E-state index in [0.717, 1.165) is 0 Å². The molecule has 0 aliphatic rings. The fourth-order valence-corrected chi connectivity index (χ4v) is 0.611. The van der Waals surface area contributed by atoms with Gasteiger partial charge in [-0.3, -0.25) is 0 Å². The minimum atomic E-state index is -1.42. The Morgan fingerprint density at radius 3 is 2.23 bits per heavy atom. The van der Waals surface area contributed by atoms with Gasteiger partial charge in [0.05, 0.1) is 0 Å². The molecule has 0 saturated heterocycles. The van der Waals surface area contributed by atoms with Gasteiger partial charge in [0.2, 0.25) is 11.7 Å². The molecule has 66 valence electrons. The van der Waals surface area contributed by atoms with E-state index in [0.29, 0.717) is 5.89 Å². The predicted octanol–water partition coefficient (Wildman–Crippen LogP) is -3.27. The quantitative estimate of drug-likeness (QED) is 0.419. The molecule has 0 aliphatic carbocycles. The van der Waals surface area contributed by atoms with Crippen molar-refractivity contribution in [3.8, 4) is 0 Å². The topological polar surface area (TPSA) is 79.0 Å². The van der Waals surface area contributed by atoms with Crippen molar-refractivity contribution in [2.75, 3.05) is 0 Å². The third-order valence-corrected chi connectivity index (χ3v) is 1.25. The molecule has 0 fully saturated rings. The van der Waals surface area contributed by atoms with E-state index >= 15 is 0 Å². The average molecular weight is 176 g/mol. The van der Waals surface area contributed by atoms with E-state index < -0.39 is 11.8 Å². The first kappa shape index (κ1) is 12.2. The molecule has 0 aliphatic heterocycles. The van der Waals surface area contributed by atoms with Crippen LogP contribution < -0.4 is 24.0 Å². The number of carboxylic acids is 1. The molecule has 6 heteroatoms. The Hall–Kier alpha value is -0.793. The van der Waals surface area contributed by atoms with Gasteiger partial charge in [0.25, 0.3) is 0 Å². The van der Waals surface area contributed by atoms with Gasteiger partial charge >= 0.3 is 18.9 Å². The number of carbonyl (C=O) groups excluding carboxylic acids is 1. The van der Waals surface area contributed by atoms with E-state index in [1.807, 2.05) is 20.8 Å². The third kappa shape index (κ3) is 2.87. The summed E-state index contributed by atoms with van der Waals surface area (Å²) in [5.74, 6) is -1.53. The number of rotatable bonds is 1. The first-order chi connectivity index (χ1) is 5.41. The van der Waals surface area contributed by atoms with Crippen molar-refractivity contribution in [1.82, 2.24) is 10.1 Å². The van der Waals surface area contributed by atoms with Gasteiger partial charge in [-0.15, -0.1) is 0 Å². The molecular weight excluding hydrogens is 167 g/mol. The molecule has 0 aromatic carbocycles. The Balaban J connectivity index is 0.00000144. The summed E-state index contributed by atoms with van der Waals surface area (Å²) in [6.07, 6.45) is 0. The molecule has 1 aromatic rings. The summed E-state index contributed by atoms with van der Waals surface area (Å²) in [5.41, 5.74) is -0.333. The smallest absolute Gasteiger partial charge is 0.541 e. The molecule has 0 bridgehead atoms. The number of carboxylic acid groups (broad SMARTS) is 1. The summed E-state index contributed by atoms with van der Waals surface area (Å²) in [6.45, 7) is 5.54. The standard InChI is InChI=1S/C7H10N2O3.Li/c1-7(2,3)6-8-4(5(10)11)9-12-6;/h1-3H3,(H,10,11);/q;+1/p-1. The van der Waals surface area contributed by atoms with Crippen LogP contribution in [0.4, 0.5) is 0 Å². The summed E-state index contributed by atoms with van der Waals surface area (Å²) in [7, 11) is 0. The van der Waals surface area contributed by atoms with Crippen LogP contribution in [0.1, 0.15) is 37.3 Å². The van der Waals surface area contributed by atoms with Gasteiger partial charge in [0, 0.05) is 5.41 Å². The van der Waals surface area contributed by atoms with E-state index in [1.54, 1.807) is 0 Å². The third-order valence-electron chi connectivity index (χ3n) is 1.25. The Kier molecular flexibility index (Phi) is 3.70. The van der Waals surface area contributed by atoms with Crippen molar-refractivity contribution < 1.29 is 33.3 Å². The van der Waals surface area contributed by atoms with Crippen LogP contribution in [0, 0.1) is 0 Å². The first-order valence-electron chi connectivity index (χ1n) is 3.47. The molecule has 0 atom stereocenters. The largest absolute Gasteiger partial charge is 1.00 e. The number of hydrogen-bond donors (Lipinski definition) is 0. The van der Waals surface area contributed by atoms with Crippen LogP contribution in [0.15, 0.2) is 4.52 Å². The molecule has 0 unspecified atom stereocenters. The fourth-order valence-electron chi connectivity index (χ4n) is 0.611. The monoisotopic (exact) mass is 176 g/mol. The molecule has 0 amide bonds. The van der Waals surface area contributed by atoms with E-state index in [2.05, 4.69) is 10.1 Å². The van der Waals surface area contributed by atoms with Gasteiger partial charge in [-0.1, -0.05) is 25.9 Å². The van der Waals surface area contributed by atoms with Crippen LogP contribution in [-0.4, -0.2) is 16.1 Å². The zero-order valence-corrected chi connectivity index (χ0v) is 8.12. The van der Waals surface area contributed by atoms with Gasteiger partial charge < -0.3 is 14.4 Å². The first-order valence-corrected chi connectivity index (χ1v) is 3.47. The van der Waals surface area contributed by atoms with Crippen molar-refractivity contribution in [3.05, 3.63) is 11.7 Å². The second-order valence-electron chi connectivity index (χ2n) is 3.46. The van der Waals surface area contributed by atoms with Crippen molar-refractivity contribution in [3.63, 3.8) is 0 Å². The van der Waals surface area contributed by atoms with Crippen molar-refractivity contribution in [2.24, 2.45) is 0 Å². The Morgan fingerprint density at radius 1 is 1.46 bits per heavy atom. The molecule has 5 nitrogen and oxygen atoms in total. The van der Waals surface area contributed by atoms with E-state index in [4.69, 9.17) is 4.52 Å². The second kappa shape index (κ2) is 3.94. The van der Waals surface area contributed by atoms with Crippen LogP contribution in [0.3, 0.4) is 0 Å². The van der Waals surface area contributed by atoms with Crippen LogP contribution >= 0.6 is 0 Å². The van der Waals surface area contributed by atoms with Gasteiger partial charge in [-0.2, -0.15) is 4.98 Å². The average Bonchev–Trinajstić information content (AvgIpc) is 2.30. The zero-order chi connectivity index (χ0) is 9.35. The molecule has 0 saturated carbocycles. The van der Waals surface area contributed by atoms with E-state index in [-0.39, 0.29) is 24.3 Å². The maximum Gasteiger partial charge on any atom is 1.00 e. The zero-order valence-electron chi connectivity index (χ0n) is 8.12. The van der Waals surface area contributed by atoms with Crippen molar-refractivity contribution in [2.45, 2.75) is 26.2 Å². The minimum Gasteiger partial charge on any atom is -0.541 e. The maximum atomic E-state index is 10.2. The molecule has 0 spiro atoms. The van der Waals surface area contributed by atoms with Crippen LogP contribution in [0.2, 0.25) is 0 Å². The maximum absolute atomic E-state index is 10.2. The number of hydrogen-bond acceptors (Lipinski definition) is 5. The van der Waals surface area contributed by atoms with Crippen LogP contribution in [0.25, 0.3) is 0 Å². The van der Waals surface area contributed by atoms with Gasteiger partial charge in [-0.25, -0.2) is 0 Å². The number of nitrogens with zero attached hydrogens (tertiary/aromatic N) is 2. The summed E-state index contributed by atoms with van der Waals surface area (Å²) < 4.78 is 4.71. The second-order valence-corrected chi connectivity index (χ2v) is 3.46. The Labute approximate surface area is 87.7 Å². The number of carbonyl (C=O) groups is 1. The van der Waals surface area contributed by atoms with Crippen molar-refractivity contribution in [1.29, 1.82) is 0 Å². The molecular formula is C7H9LiN2O3. The summed E-state index contributed by atoms with van der Waals surface area (Å²) in [4.78, 5) is 13.9. The van der Waals surface area contributed by atoms with E-state index in [1.165, 1.54) is 0 Å². The van der Waals surface area contributed by atoms with E-state index in [9.17, 15) is 9.90 Å². The molecule has 0 N–H and O–H groups in total. The number of aromatic carboxylic acids is 1. The summed E-state index contributed by atoms with van der Waals surface area (Å²) in [5, 5.41) is 13.5. The van der Waals surface area contributed by atoms with Gasteiger partial charge in [0.15, 0.2) is 0 Å². The number of aromatic nitrogens is 2. The Bertz CT molecular complexity index is 303. The summed E-state index contributed by atoms with van der Waals surface area (Å²) in [6, 6.07) is 0. The van der Waals surface area contributed by atoms with Gasteiger partial charge in [-0.05, 0) is 0 Å².